The van der Waals surface area contributed by atoms with E-state index < -0.39 is 11.9 Å². The number of fused-ring (bicyclic) bond motifs is 2. The molecule has 2 saturated carbocycles. The van der Waals surface area contributed by atoms with Crippen molar-refractivity contribution in [1.29, 1.82) is 0 Å². The second-order valence-corrected chi connectivity index (χ2v) is 8.71. The highest BCUT2D eigenvalue weighted by molar-refractivity contribution is 5.17. The molecule has 1 saturated heterocycles. The second kappa shape index (κ2) is 6.85. The molecule has 4 heteroatoms. The van der Waals surface area contributed by atoms with Crippen molar-refractivity contribution < 1.29 is 19.7 Å². The highest BCUT2D eigenvalue weighted by atomic mass is 16.7. The summed E-state index contributed by atoms with van der Waals surface area (Å²) in [5.74, 6) is 5.99. The van der Waals surface area contributed by atoms with Gasteiger partial charge in [0, 0.05) is 30.8 Å². The minimum Gasteiger partial charge on any atom is -0.396 e. The van der Waals surface area contributed by atoms with Crippen LogP contribution in [0.3, 0.4) is 0 Å². The van der Waals surface area contributed by atoms with E-state index in [4.69, 9.17) is 9.47 Å². The Morgan fingerprint density at radius 1 is 1.20 bits per heavy atom. The average Bonchev–Trinajstić information content (AvgIpc) is 3.22. The Hall–Kier alpha value is -0.600. The molecule has 3 aliphatic rings. The number of aliphatic hydroxyl groups is 2. The van der Waals surface area contributed by atoms with Crippen LogP contribution in [0.15, 0.2) is 0 Å². The fourth-order valence-corrected chi connectivity index (χ4v) is 6.26. The van der Waals surface area contributed by atoms with Gasteiger partial charge in [-0.2, -0.15) is 0 Å². The smallest absolute Gasteiger partial charge is 0.172 e. The summed E-state index contributed by atoms with van der Waals surface area (Å²) in [4.78, 5) is 0. The van der Waals surface area contributed by atoms with Gasteiger partial charge < -0.3 is 19.7 Å². The Labute approximate surface area is 152 Å². The number of hydrogen-bond acceptors (Lipinski definition) is 4. The van der Waals surface area contributed by atoms with Gasteiger partial charge >= 0.3 is 0 Å². The molecule has 2 unspecified atom stereocenters. The van der Waals surface area contributed by atoms with Crippen molar-refractivity contribution in [3.63, 3.8) is 0 Å². The van der Waals surface area contributed by atoms with Crippen LogP contribution in [0.1, 0.15) is 59.8 Å². The second-order valence-electron chi connectivity index (χ2n) is 8.71. The van der Waals surface area contributed by atoms with E-state index in [1.165, 1.54) is 0 Å². The Morgan fingerprint density at radius 2 is 1.88 bits per heavy atom. The van der Waals surface area contributed by atoms with Crippen LogP contribution >= 0.6 is 0 Å². The molecule has 1 spiro atoms. The summed E-state index contributed by atoms with van der Waals surface area (Å²) < 4.78 is 12.5. The normalized spacial score (nSPS) is 41.8. The SMILES string of the molecule is CC#CC[C@@H](O)[C@@]1(C)C2C3(CCC2([C@@H](C)CO)CC[C@H]1C)OCCO3. The average molecular weight is 350 g/mol. The fraction of sp³-hybridized carbons (Fsp3) is 0.905. The largest absolute Gasteiger partial charge is 0.396 e. The van der Waals surface area contributed by atoms with E-state index in [0.29, 0.717) is 25.6 Å². The third kappa shape index (κ3) is 2.67. The molecule has 0 aromatic carbocycles. The minimum absolute atomic E-state index is 0.0407. The van der Waals surface area contributed by atoms with E-state index in [9.17, 15) is 10.2 Å². The fourth-order valence-electron chi connectivity index (χ4n) is 6.26. The third-order valence-corrected chi connectivity index (χ3v) is 7.90. The molecule has 4 nitrogen and oxygen atoms in total. The molecule has 0 radical (unpaired) electrons. The first kappa shape index (κ1) is 19.2. The molecule has 0 amide bonds. The molecule has 25 heavy (non-hydrogen) atoms. The van der Waals surface area contributed by atoms with Gasteiger partial charge in [-0.3, -0.25) is 0 Å². The summed E-state index contributed by atoms with van der Waals surface area (Å²) in [6, 6.07) is 0. The van der Waals surface area contributed by atoms with Crippen LogP contribution in [0, 0.1) is 40.4 Å². The molecule has 2 N–H and O–H groups in total. The lowest BCUT2D eigenvalue weighted by molar-refractivity contribution is -0.266. The first-order chi connectivity index (χ1) is 11.9. The van der Waals surface area contributed by atoms with Crippen molar-refractivity contribution in [2.75, 3.05) is 19.8 Å². The third-order valence-electron chi connectivity index (χ3n) is 7.90. The van der Waals surface area contributed by atoms with Crippen LogP contribution < -0.4 is 0 Å². The van der Waals surface area contributed by atoms with Crippen molar-refractivity contribution in [2.45, 2.75) is 71.7 Å². The van der Waals surface area contributed by atoms with Crippen molar-refractivity contribution in [2.24, 2.45) is 28.6 Å². The van der Waals surface area contributed by atoms with Crippen LogP contribution in [0.2, 0.25) is 0 Å². The van der Waals surface area contributed by atoms with Gasteiger partial charge in [-0.25, -0.2) is 0 Å². The molecular formula is C21H34O4. The van der Waals surface area contributed by atoms with Crippen molar-refractivity contribution in [3.8, 4) is 11.8 Å². The van der Waals surface area contributed by atoms with Gasteiger partial charge in [0.05, 0.1) is 19.3 Å². The Balaban J connectivity index is 2.09. The van der Waals surface area contributed by atoms with Gasteiger partial charge in [0.2, 0.25) is 0 Å². The van der Waals surface area contributed by atoms with E-state index >= 15 is 0 Å². The predicted molar refractivity (Wildman–Crippen MR) is 96.6 cm³/mol. The number of aliphatic hydroxyl groups excluding tert-OH is 2. The number of hydrogen-bond donors (Lipinski definition) is 2. The first-order valence-corrected chi connectivity index (χ1v) is 9.84. The molecule has 0 bridgehead atoms. The van der Waals surface area contributed by atoms with E-state index in [0.717, 1.165) is 25.7 Å². The van der Waals surface area contributed by atoms with Crippen molar-refractivity contribution >= 4 is 0 Å². The Kier molecular flexibility index (Phi) is 5.25. The van der Waals surface area contributed by atoms with Crippen molar-refractivity contribution in [3.05, 3.63) is 0 Å². The quantitative estimate of drug-likeness (QED) is 0.766. The van der Waals surface area contributed by atoms with Gasteiger partial charge in [-0.15, -0.1) is 11.8 Å². The molecule has 1 aliphatic heterocycles. The molecule has 2 aliphatic carbocycles. The summed E-state index contributed by atoms with van der Waals surface area (Å²) >= 11 is 0. The first-order valence-electron chi connectivity index (χ1n) is 9.84. The molecule has 6 atom stereocenters. The monoisotopic (exact) mass is 350 g/mol. The van der Waals surface area contributed by atoms with Crippen LogP contribution in [-0.4, -0.2) is 41.9 Å². The highest BCUT2D eigenvalue weighted by Crippen LogP contribution is 2.69. The lowest BCUT2D eigenvalue weighted by Gasteiger charge is -2.60. The molecule has 0 aromatic rings. The lowest BCUT2D eigenvalue weighted by atomic mass is 9.47. The molecule has 0 aromatic heterocycles. The van der Waals surface area contributed by atoms with Crippen LogP contribution in [-0.2, 0) is 9.47 Å². The standard InChI is InChI=1S/C21H34O4/c1-5-6-7-17(23)19(4)15(2)8-9-20(16(3)14-22)10-11-21(18(19)20)24-12-13-25-21/h15-18,22-23H,7-14H2,1-4H3/t15-,16+,17-,18?,19+,20?/m1/s1. The summed E-state index contributed by atoms with van der Waals surface area (Å²) in [6.45, 7) is 9.83. The van der Waals surface area contributed by atoms with Crippen LogP contribution in [0.4, 0.5) is 0 Å². The molecular weight excluding hydrogens is 316 g/mol. The zero-order valence-electron chi connectivity index (χ0n) is 16.2. The number of ether oxygens (including phenoxy) is 2. The maximum absolute atomic E-state index is 11.2. The van der Waals surface area contributed by atoms with Gasteiger partial charge in [0.15, 0.2) is 5.79 Å². The zero-order chi connectivity index (χ0) is 18.3. The van der Waals surface area contributed by atoms with Gasteiger partial charge in [-0.05, 0) is 43.4 Å². The van der Waals surface area contributed by atoms with E-state index in [-0.39, 0.29) is 29.3 Å². The maximum atomic E-state index is 11.2. The van der Waals surface area contributed by atoms with Crippen molar-refractivity contribution in [1.82, 2.24) is 0 Å². The molecule has 3 rings (SSSR count). The van der Waals surface area contributed by atoms with E-state index in [1.807, 2.05) is 6.92 Å². The molecule has 3 fully saturated rings. The highest BCUT2D eigenvalue weighted by Gasteiger charge is 2.70. The van der Waals surface area contributed by atoms with Crippen LogP contribution in [0.25, 0.3) is 0 Å². The maximum Gasteiger partial charge on any atom is 0.172 e. The topological polar surface area (TPSA) is 58.9 Å². The van der Waals surface area contributed by atoms with Gasteiger partial charge in [-0.1, -0.05) is 20.8 Å². The predicted octanol–water partition coefficient (Wildman–Crippen LogP) is 2.96. The van der Waals surface area contributed by atoms with Gasteiger partial charge in [0.1, 0.15) is 0 Å². The summed E-state index contributed by atoms with van der Waals surface area (Å²) in [7, 11) is 0. The minimum atomic E-state index is -0.604. The molecule has 142 valence electrons. The number of rotatable bonds is 4. The zero-order valence-corrected chi connectivity index (χ0v) is 16.2. The lowest BCUT2D eigenvalue weighted by Crippen LogP contribution is -2.61. The summed E-state index contributed by atoms with van der Waals surface area (Å²) in [5, 5.41) is 21.2. The van der Waals surface area contributed by atoms with E-state index in [2.05, 4.69) is 32.6 Å². The Morgan fingerprint density at radius 3 is 2.48 bits per heavy atom. The molecule has 1 heterocycles. The Bertz CT molecular complexity index is 544. The van der Waals surface area contributed by atoms with Crippen LogP contribution in [0.5, 0.6) is 0 Å². The summed E-state index contributed by atoms with van der Waals surface area (Å²) in [5.41, 5.74) is -0.382. The summed E-state index contributed by atoms with van der Waals surface area (Å²) in [6.07, 6.45) is 3.94. The van der Waals surface area contributed by atoms with Gasteiger partial charge in [0.25, 0.3) is 0 Å². The van der Waals surface area contributed by atoms with E-state index in [1.54, 1.807) is 0 Å².